The number of rotatable bonds is 4. The van der Waals surface area contributed by atoms with Gasteiger partial charge in [0, 0.05) is 11.8 Å². The Balaban J connectivity index is 1.52. The third-order valence-corrected chi connectivity index (χ3v) is 8.91. The van der Waals surface area contributed by atoms with Crippen LogP contribution in [0.4, 0.5) is 0 Å². The van der Waals surface area contributed by atoms with E-state index in [9.17, 15) is 45.0 Å². The predicted octanol–water partition coefficient (Wildman–Crippen LogP) is -2.35. The average Bonchev–Trinajstić information content (AvgIpc) is 3.13. The van der Waals surface area contributed by atoms with E-state index in [1.54, 1.807) is 0 Å². The molecule has 8 bridgehead atoms. The summed E-state index contributed by atoms with van der Waals surface area (Å²) in [7, 11) is 3.57. The molecule has 13 atom stereocenters. The van der Waals surface area contributed by atoms with Crippen molar-refractivity contribution in [2.45, 2.75) is 74.1 Å². The van der Waals surface area contributed by atoms with Crippen molar-refractivity contribution in [2.75, 3.05) is 34.5 Å². The molecule has 19 nitrogen and oxygen atoms in total. The lowest BCUT2D eigenvalue weighted by atomic mass is 9.81. The van der Waals surface area contributed by atoms with E-state index >= 15 is 0 Å². The summed E-state index contributed by atoms with van der Waals surface area (Å²) < 4.78 is 55.0. The predicted molar refractivity (Wildman–Crippen MR) is 163 cm³/mol. The normalized spacial score (nSPS) is 37.4. The Morgan fingerprint density at radius 2 is 1.35 bits per heavy atom. The minimum absolute atomic E-state index is 0.117. The van der Waals surface area contributed by atoms with Crippen LogP contribution in [0, 0.1) is 11.8 Å². The molecular formula is C32H40O19. The molecule has 19 heteroatoms. The van der Waals surface area contributed by atoms with Crippen LogP contribution in [0.2, 0.25) is 0 Å². The number of aliphatic hydroxyl groups excluding tert-OH is 6. The lowest BCUT2D eigenvalue weighted by molar-refractivity contribution is -0.339. The van der Waals surface area contributed by atoms with Crippen molar-refractivity contribution in [3.05, 3.63) is 42.2 Å². The molecule has 0 saturated carbocycles. The minimum atomic E-state index is -1.85. The van der Waals surface area contributed by atoms with Gasteiger partial charge in [0.2, 0.25) is 18.3 Å². The number of aliphatic hydroxyl groups is 6. The van der Waals surface area contributed by atoms with Crippen LogP contribution in [0.25, 0.3) is 0 Å². The molecule has 2 fully saturated rings. The highest BCUT2D eigenvalue weighted by atomic mass is 16.8. The summed E-state index contributed by atoms with van der Waals surface area (Å²) in [5, 5.41) is 64.1. The van der Waals surface area contributed by atoms with Crippen LogP contribution in [0.5, 0.6) is 17.2 Å². The Hall–Kier alpha value is -4.05. The van der Waals surface area contributed by atoms with Crippen LogP contribution in [-0.4, -0.2) is 151 Å². The Bertz CT molecular complexity index is 1460. The van der Waals surface area contributed by atoms with Gasteiger partial charge >= 0.3 is 17.9 Å². The first-order chi connectivity index (χ1) is 24.3. The molecule has 2 saturated heterocycles. The number of carbonyl (C=O) groups is 3. The topological polar surface area (TPSA) is 265 Å². The fraction of sp³-hybridized carbons (Fsp3) is 0.594. The molecule has 282 valence electrons. The highest BCUT2D eigenvalue weighted by molar-refractivity contribution is 5.91. The SMILES string of the molecule is C=C[C@H]1[C@H]2OC=C(C(=O)OC)[C@H]1CC(=O)OC[C@H]1O[C@@H](Oc3c(OC)cc(cc3OC)C(=O)OC[C@H]3O[C@@H](O2)[C@H](O)[C@@H](O)[C@@H]3O)[C@H](O)[C@@H](O)[C@@H]1O. The summed E-state index contributed by atoms with van der Waals surface area (Å²) in [6, 6.07) is 2.38. The molecule has 0 radical (unpaired) electrons. The summed E-state index contributed by atoms with van der Waals surface area (Å²) in [5.41, 5.74) is -0.264. The first-order valence-electron chi connectivity index (χ1n) is 15.7. The molecule has 6 rings (SSSR count). The van der Waals surface area contributed by atoms with Gasteiger partial charge in [-0.3, -0.25) is 4.79 Å². The van der Waals surface area contributed by atoms with Gasteiger partial charge in [-0.05, 0) is 12.1 Å². The molecule has 0 unspecified atom stereocenters. The van der Waals surface area contributed by atoms with Crippen LogP contribution in [0.15, 0.2) is 36.6 Å². The summed E-state index contributed by atoms with van der Waals surface area (Å²) >= 11 is 0. The van der Waals surface area contributed by atoms with Gasteiger partial charge < -0.3 is 78.0 Å². The molecule has 0 amide bonds. The fourth-order valence-corrected chi connectivity index (χ4v) is 6.01. The summed E-state index contributed by atoms with van der Waals surface area (Å²) in [4.78, 5) is 39.1. The second-order valence-corrected chi connectivity index (χ2v) is 12.0. The van der Waals surface area contributed by atoms with E-state index in [1.807, 2.05) is 0 Å². The molecule has 0 aromatic heterocycles. The molecule has 5 aliphatic heterocycles. The highest BCUT2D eigenvalue weighted by Crippen LogP contribution is 2.41. The Kier molecular flexibility index (Phi) is 12.1. The maximum absolute atomic E-state index is 13.2. The molecule has 5 aliphatic rings. The van der Waals surface area contributed by atoms with E-state index < -0.39 is 117 Å². The number of methoxy groups -OCH3 is 3. The van der Waals surface area contributed by atoms with Crippen molar-refractivity contribution >= 4 is 17.9 Å². The number of hydrogen-bond donors (Lipinski definition) is 6. The molecule has 1 aromatic carbocycles. The maximum Gasteiger partial charge on any atom is 0.338 e. The zero-order chi connectivity index (χ0) is 37.1. The zero-order valence-corrected chi connectivity index (χ0v) is 27.6. The first-order valence-corrected chi connectivity index (χ1v) is 15.7. The Morgan fingerprint density at radius 3 is 1.92 bits per heavy atom. The molecule has 51 heavy (non-hydrogen) atoms. The average molecular weight is 729 g/mol. The van der Waals surface area contributed by atoms with Crippen LogP contribution in [-0.2, 0) is 42.7 Å². The third-order valence-electron chi connectivity index (χ3n) is 8.91. The molecule has 5 heterocycles. The number of hydrogen-bond acceptors (Lipinski definition) is 19. The van der Waals surface area contributed by atoms with Gasteiger partial charge in [-0.1, -0.05) is 6.08 Å². The van der Waals surface area contributed by atoms with Crippen molar-refractivity contribution in [3.8, 4) is 17.2 Å². The number of carbonyl (C=O) groups excluding carboxylic acids is 3. The van der Waals surface area contributed by atoms with Crippen molar-refractivity contribution in [1.82, 2.24) is 0 Å². The quantitative estimate of drug-likeness (QED) is 0.108. The van der Waals surface area contributed by atoms with E-state index in [4.69, 9.17) is 47.4 Å². The molecule has 0 spiro atoms. The molecule has 6 N–H and O–H groups in total. The molecular weight excluding hydrogens is 688 g/mol. The van der Waals surface area contributed by atoms with Gasteiger partial charge in [0.25, 0.3) is 0 Å². The number of ether oxygens (including phenoxy) is 10. The van der Waals surface area contributed by atoms with E-state index in [-0.39, 0.29) is 28.4 Å². The van der Waals surface area contributed by atoms with Gasteiger partial charge in [0.15, 0.2) is 17.8 Å². The lowest BCUT2D eigenvalue weighted by Crippen LogP contribution is -2.60. The highest BCUT2D eigenvalue weighted by Gasteiger charge is 2.49. The van der Waals surface area contributed by atoms with E-state index in [0.29, 0.717) is 0 Å². The number of benzene rings is 1. The van der Waals surface area contributed by atoms with Crippen molar-refractivity contribution in [2.24, 2.45) is 11.8 Å². The van der Waals surface area contributed by atoms with Gasteiger partial charge in [0.1, 0.15) is 62.0 Å². The molecule has 0 aliphatic carbocycles. The lowest BCUT2D eigenvalue weighted by Gasteiger charge is -2.43. The van der Waals surface area contributed by atoms with E-state index in [0.717, 1.165) is 13.4 Å². The summed E-state index contributed by atoms with van der Waals surface area (Å²) in [6.45, 7) is 2.43. The van der Waals surface area contributed by atoms with Crippen LogP contribution in [0.1, 0.15) is 16.8 Å². The van der Waals surface area contributed by atoms with E-state index in [1.165, 1.54) is 32.4 Å². The van der Waals surface area contributed by atoms with Crippen molar-refractivity contribution in [3.63, 3.8) is 0 Å². The van der Waals surface area contributed by atoms with Gasteiger partial charge in [-0.15, -0.1) is 6.58 Å². The van der Waals surface area contributed by atoms with Crippen molar-refractivity contribution in [1.29, 1.82) is 0 Å². The van der Waals surface area contributed by atoms with Gasteiger partial charge in [-0.2, -0.15) is 0 Å². The van der Waals surface area contributed by atoms with Gasteiger partial charge in [-0.25, -0.2) is 9.59 Å². The second-order valence-electron chi connectivity index (χ2n) is 12.0. The summed E-state index contributed by atoms with van der Waals surface area (Å²) in [5.74, 6) is -5.31. The number of esters is 3. The smallest absolute Gasteiger partial charge is 0.338 e. The fourth-order valence-electron chi connectivity index (χ4n) is 6.01. The standard InChI is InChI=1S/C32H40O19/c1-5-13-14-8-20(33)45-10-18-21(34)23(36)25(38)31(48-18)50-27-16(42-2)6-12(7-17(27)43-3)28(40)46-11-19-22(35)24(37)26(39)32(49-19)51-30(13)47-9-15(14)29(41)44-4/h5-7,9,13-14,18-19,21-26,30-32,34-39H,1,8,10-11H2,2-4H3/t13-,14+,18-,19-,21-,22-,23+,24+,25-,26-,30+,31+,32+/m1/s1. The second kappa shape index (κ2) is 16.1. The summed E-state index contributed by atoms with van der Waals surface area (Å²) in [6.07, 6.45) is -16.8. The van der Waals surface area contributed by atoms with Crippen LogP contribution in [0.3, 0.4) is 0 Å². The monoisotopic (exact) mass is 728 g/mol. The minimum Gasteiger partial charge on any atom is -0.493 e. The van der Waals surface area contributed by atoms with Gasteiger partial charge in [0.05, 0.1) is 45.1 Å². The Labute approximate surface area is 290 Å². The third kappa shape index (κ3) is 7.76. The maximum atomic E-state index is 13.2. The van der Waals surface area contributed by atoms with Crippen LogP contribution < -0.4 is 14.2 Å². The zero-order valence-electron chi connectivity index (χ0n) is 27.6. The van der Waals surface area contributed by atoms with Crippen LogP contribution >= 0.6 is 0 Å². The molecule has 1 aromatic rings. The first kappa shape index (κ1) is 38.2. The van der Waals surface area contributed by atoms with E-state index in [2.05, 4.69) is 6.58 Å². The largest absolute Gasteiger partial charge is 0.493 e. The van der Waals surface area contributed by atoms with Crippen molar-refractivity contribution < 1.29 is 92.4 Å². The number of fused-ring (bicyclic) bond motifs is 7. The Morgan fingerprint density at radius 1 is 0.784 bits per heavy atom.